The molecular formula is C10H19NO2. The summed E-state index contributed by atoms with van der Waals surface area (Å²) in [7, 11) is 0. The van der Waals surface area contributed by atoms with Gasteiger partial charge in [0, 0.05) is 6.04 Å². The van der Waals surface area contributed by atoms with Gasteiger partial charge in [0.15, 0.2) is 0 Å². The predicted molar refractivity (Wildman–Crippen MR) is 51.7 cm³/mol. The SMILES string of the molecule is CC(C)CC(C)(NC1CC1)C(=O)O. The second kappa shape index (κ2) is 3.66. The van der Waals surface area contributed by atoms with Crippen molar-refractivity contribution in [2.75, 3.05) is 0 Å². The van der Waals surface area contributed by atoms with Crippen LogP contribution in [0.5, 0.6) is 0 Å². The summed E-state index contributed by atoms with van der Waals surface area (Å²) in [5.74, 6) is -0.319. The van der Waals surface area contributed by atoms with E-state index in [0.29, 0.717) is 18.4 Å². The second-order valence-electron chi connectivity index (χ2n) is 4.65. The molecule has 0 bridgehead atoms. The molecule has 1 atom stereocenters. The van der Waals surface area contributed by atoms with Crippen LogP contribution in [0.4, 0.5) is 0 Å². The van der Waals surface area contributed by atoms with E-state index in [1.165, 1.54) is 0 Å². The molecule has 2 N–H and O–H groups in total. The Morgan fingerprint density at radius 1 is 1.62 bits per heavy atom. The van der Waals surface area contributed by atoms with Gasteiger partial charge in [-0.2, -0.15) is 0 Å². The predicted octanol–water partition coefficient (Wildman–Crippen LogP) is 1.63. The van der Waals surface area contributed by atoms with E-state index in [9.17, 15) is 4.79 Å². The van der Waals surface area contributed by atoms with E-state index in [2.05, 4.69) is 19.2 Å². The summed E-state index contributed by atoms with van der Waals surface area (Å²) in [6.45, 7) is 5.89. The van der Waals surface area contributed by atoms with Crippen LogP contribution in [0.1, 0.15) is 40.0 Å². The summed E-state index contributed by atoms with van der Waals surface area (Å²) in [5.41, 5.74) is -0.727. The maximum atomic E-state index is 11.1. The molecule has 3 nitrogen and oxygen atoms in total. The highest BCUT2D eigenvalue weighted by Crippen LogP contribution is 2.26. The zero-order valence-corrected chi connectivity index (χ0v) is 8.63. The molecule has 0 aliphatic heterocycles. The van der Waals surface area contributed by atoms with Crippen molar-refractivity contribution in [2.24, 2.45) is 5.92 Å². The van der Waals surface area contributed by atoms with Crippen LogP contribution in [-0.4, -0.2) is 22.7 Å². The van der Waals surface area contributed by atoms with Gasteiger partial charge >= 0.3 is 5.97 Å². The number of carboxylic acids is 1. The highest BCUT2D eigenvalue weighted by molar-refractivity contribution is 5.78. The zero-order valence-electron chi connectivity index (χ0n) is 8.63. The molecule has 1 fully saturated rings. The highest BCUT2D eigenvalue weighted by atomic mass is 16.4. The molecule has 0 spiro atoms. The zero-order chi connectivity index (χ0) is 10.1. The first kappa shape index (κ1) is 10.5. The third-order valence-corrected chi connectivity index (χ3v) is 2.39. The van der Waals surface area contributed by atoms with Gasteiger partial charge in [-0.25, -0.2) is 0 Å². The number of carbonyl (C=O) groups is 1. The summed E-state index contributed by atoms with van der Waals surface area (Å²) in [6.07, 6.45) is 2.95. The minimum Gasteiger partial charge on any atom is -0.480 e. The fourth-order valence-corrected chi connectivity index (χ4v) is 1.70. The van der Waals surface area contributed by atoms with E-state index in [4.69, 9.17) is 5.11 Å². The van der Waals surface area contributed by atoms with Crippen molar-refractivity contribution in [2.45, 2.75) is 51.6 Å². The number of carboxylic acid groups (broad SMARTS) is 1. The molecule has 0 aromatic carbocycles. The van der Waals surface area contributed by atoms with E-state index in [-0.39, 0.29) is 0 Å². The standard InChI is InChI=1S/C10H19NO2/c1-7(2)6-10(3,9(12)13)11-8-4-5-8/h7-8,11H,4-6H2,1-3H3,(H,12,13). The number of hydrogen-bond donors (Lipinski definition) is 2. The normalized spacial score (nSPS) is 21.5. The molecule has 1 saturated carbocycles. The summed E-state index contributed by atoms with van der Waals surface area (Å²) < 4.78 is 0. The summed E-state index contributed by atoms with van der Waals surface area (Å²) in [6, 6.07) is 0.444. The van der Waals surface area contributed by atoms with Crippen LogP contribution in [0.2, 0.25) is 0 Å². The van der Waals surface area contributed by atoms with Crippen molar-refractivity contribution in [3.63, 3.8) is 0 Å². The monoisotopic (exact) mass is 185 g/mol. The Morgan fingerprint density at radius 2 is 2.15 bits per heavy atom. The molecule has 1 unspecified atom stereocenters. The lowest BCUT2D eigenvalue weighted by atomic mass is 9.90. The lowest BCUT2D eigenvalue weighted by molar-refractivity contribution is -0.145. The third kappa shape index (κ3) is 2.99. The van der Waals surface area contributed by atoms with Crippen molar-refractivity contribution in [3.05, 3.63) is 0 Å². The maximum absolute atomic E-state index is 11.1. The fraction of sp³-hybridized carbons (Fsp3) is 0.900. The lowest BCUT2D eigenvalue weighted by Gasteiger charge is -2.28. The molecule has 1 aliphatic rings. The molecule has 0 saturated heterocycles. The van der Waals surface area contributed by atoms with Crippen LogP contribution >= 0.6 is 0 Å². The Bertz CT molecular complexity index is 193. The smallest absolute Gasteiger partial charge is 0.323 e. The van der Waals surface area contributed by atoms with Crippen molar-refractivity contribution >= 4 is 5.97 Å². The molecule has 1 rings (SSSR count). The highest BCUT2D eigenvalue weighted by Gasteiger charge is 2.38. The summed E-state index contributed by atoms with van der Waals surface area (Å²) in [5, 5.41) is 12.3. The molecule has 0 radical (unpaired) electrons. The second-order valence-corrected chi connectivity index (χ2v) is 4.65. The van der Waals surface area contributed by atoms with Crippen molar-refractivity contribution in [1.82, 2.24) is 5.32 Å². The Hall–Kier alpha value is -0.570. The first-order valence-electron chi connectivity index (χ1n) is 4.95. The van der Waals surface area contributed by atoms with Gasteiger partial charge in [-0.1, -0.05) is 13.8 Å². The lowest BCUT2D eigenvalue weighted by Crippen LogP contribution is -2.51. The minimum atomic E-state index is -0.729. The van der Waals surface area contributed by atoms with Gasteiger partial charge in [0.05, 0.1) is 0 Å². The van der Waals surface area contributed by atoms with E-state index in [0.717, 1.165) is 12.8 Å². The van der Waals surface area contributed by atoms with Crippen LogP contribution < -0.4 is 5.32 Å². The van der Waals surface area contributed by atoms with E-state index in [1.807, 2.05) is 0 Å². The van der Waals surface area contributed by atoms with E-state index >= 15 is 0 Å². The molecule has 0 aromatic rings. The summed E-state index contributed by atoms with van der Waals surface area (Å²) >= 11 is 0. The van der Waals surface area contributed by atoms with E-state index < -0.39 is 11.5 Å². The minimum absolute atomic E-state index is 0.410. The van der Waals surface area contributed by atoms with Crippen LogP contribution in [0.25, 0.3) is 0 Å². The average molecular weight is 185 g/mol. The van der Waals surface area contributed by atoms with Gasteiger partial charge in [0.1, 0.15) is 5.54 Å². The van der Waals surface area contributed by atoms with Gasteiger partial charge in [-0.05, 0) is 32.1 Å². The molecular weight excluding hydrogens is 166 g/mol. The Kier molecular flexibility index (Phi) is 2.96. The van der Waals surface area contributed by atoms with Crippen molar-refractivity contribution < 1.29 is 9.90 Å². The molecule has 3 heteroatoms. The number of nitrogens with one attached hydrogen (secondary N) is 1. The van der Waals surface area contributed by atoms with Gasteiger partial charge in [-0.15, -0.1) is 0 Å². The molecule has 0 aromatic heterocycles. The van der Waals surface area contributed by atoms with E-state index in [1.54, 1.807) is 6.92 Å². The third-order valence-electron chi connectivity index (χ3n) is 2.39. The molecule has 13 heavy (non-hydrogen) atoms. The first-order valence-corrected chi connectivity index (χ1v) is 4.95. The number of aliphatic carboxylic acids is 1. The van der Waals surface area contributed by atoms with Crippen LogP contribution in [0.3, 0.4) is 0 Å². The van der Waals surface area contributed by atoms with Crippen LogP contribution in [0.15, 0.2) is 0 Å². The average Bonchev–Trinajstić information content (AvgIpc) is 2.69. The Balaban J connectivity index is 2.55. The molecule has 0 heterocycles. The number of hydrogen-bond acceptors (Lipinski definition) is 2. The van der Waals surface area contributed by atoms with Gasteiger partial charge in [0.2, 0.25) is 0 Å². The number of rotatable bonds is 5. The van der Waals surface area contributed by atoms with Crippen molar-refractivity contribution in [3.8, 4) is 0 Å². The molecule has 76 valence electrons. The van der Waals surface area contributed by atoms with Gasteiger partial charge < -0.3 is 5.11 Å². The molecule has 1 aliphatic carbocycles. The molecule has 0 amide bonds. The fourth-order valence-electron chi connectivity index (χ4n) is 1.70. The maximum Gasteiger partial charge on any atom is 0.323 e. The first-order chi connectivity index (χ1) is 5.94. The topological polar surface area (TPSA) is 49.3 Å². The van der Waals surface area contributed by atoms with Crippen LogP contribution in [0, 0.1) is 5.92 Å². The van der Waals surface area contributed by atoms with Gasteiger partial charge in [0.25, 0.3) is 0 Å². The van der Waals surface area contributed by atoms with Crippen LogP contribution in [-0.2, 0) is 4.79 Å². The van der Waals surface area contributed by atoms with Crippen molar-refractivity contribution in [1.29, 1.82) is 0 Å². The Morgan fingerprint density at radius 3 is 2.46 bits per heavy atom. The largest absolute Gasteiger partial charge is 0.480 e. The Labute approximate surface area is 79.5 Å². The quantitative estimate of drug-likeness (QED) is 0.684. The van der Waals surface area contributed by atoms with Gasteiger partial charge in [-0.3, -0.25) is 10.1 Å². The summed E-state index contributed by atoms with van der Waals surface area (Å²) in [4.78, 5) is 11.1.